The van der Waals surface area contributed by atoms with Crippen molar-refractivity contribution in [2.75, 3.05) is 18.4 Å². The molecule has 1 saturated heterocycles. The minimum atomic E-state index is -0.0155. The predicted octanol–water partition coefficient (Wildman–Crippen LogP) is 2.21. The molecule has 0 bridgehead atoms. The first-order valence-corrected chi connectivity index (χ1v) is 8.15. The average molecular weight is 317 g/mol. The third-order valence-corrected chi connectivity index (χ3v) is 4.54. The summed E-state index contributed by atoms with van der Waals surface area (Å²) in [4.78, 5) is 23.8. The molecule has 3 heterocycles. The van der Waals surface area contributed by atoms with E-state index >= 15 is 0 Å². The number of hydrogen-bond donors (Lipinski definition) is 2. The summed E-state index contributed by atoms with van der Waals surface area (Å²) in [5.41, 5.74) is 6.40. The lowest BCUT2D eigenvalue weighted by Gasteiger charge is -2.24. The van der Waals surface area contributed by atoms with Crippen LogP contribution in [0.25, 0.3) is 0 Å². The lowest BCUT2D eigenvalue weighted by atomic mass is 10.1. The maximum Gasteiger partial charge on any atom is 0.236 e. The number of carbonyl (C=O) groups excluding carboxylic acids is 1. The second-order valence-corrected chi connectivity index (χ2v) is 6.53. The maximum absolute atomic E-state index is 11.9. The van der Waals surface area contributed by atoms with Gasteiger partial charge in [-0.3, -0.25) is 4.79 Å². The Hall–Kier alpha value is -1.99. The van der Waals surface area contributed by atoms with Gasteiger partial charge < -0.3 is 16.0 Å². The quantitative estimate of drug-likeness (QED) is 0.903. The lowest BCUT2D eigenvalue weighted by Crippen LogP contribution is -2.35. The molecule has 1 aliphatic rings. The summed E-state index contributed by atoms with van der Waals surface area (Å²) in [5.74, 6) is 0.733. The number of anilines is 2. The van der Waals surface area contributed by atoms with Crippen LogP contribution in [0.2, 0.25) is 0 Å². The number of likely N-dealkylation sites (tertiary alicyclic amines) is 1. The summed E-state index contributed by atoms with van der Waals surface area (Å²) in [6.45, 7) is 2.82. The van der Waals surface area contributed by atoms with Crippen LogP contribution in [0.3, 0.4) is 0 Å². The minimum absolute atomic E-state index is 0.0155. The fourth-order valence-corrected chi connectivity index (χ4v) is 3.39. The second-order valence-electron chi connectivity index (χ2n) is 5.30. The van der Waals surface area contributed by atoms with E-state index in [2.05, 4.69) is 15.3 Å². The van der Waals surface area contributed by atoms with Gasteiger partial charge in [0.25, 0.3) is 0 Å². The van der Waals surface area contributed by atoms with Gasteiger partial charge in [-0.2, -0.15) is 0 Å². The molecular weight excluding hydrogens is 298 g/mol. The number of nitrogens with zero attached hydrogens (tertiary/aromatic N) is 3. The van der Waals surface area contributed by atoms with E-state index in [1.54, 1.807) is 11.3 Å². The number of aromatic nitrogens is 2. The highest BCUT2D eigenvalue weighted by molar-refractivity contribution is 7.15. The number of aryl methyl sites for hydroxylation is 1. The molecule has 6 nitrogen and oxygen atoms in total. The minimum Gasteiger partial charge on any atom is -0.333 e. The summed E-state index contributed by atoms with van der Waals surface area (Å²) < 4.78 is 0. The van der Waals surface area contributed by atoms with Crippen LogP contribution in [0.5, 0.6) is 0 Å². The zero-order chi connectivity index (χ0) is 15.5. The number of pyridine rings is 1. The Kier molecular flexibility index (Phi) is 4.35. The van der Waals surface area contributed by atoms with Crippen molar-refractivity contribution < 1.29 is 4.79 Å². The molecule has 1 atom stereocenters. The maximum atomic E-state index is 11.9. The Morgan fingerprint density at radius 2 is 2.41 bits per heavy atom. The molecule has 1 aliphatic heterocycles. The van der Waals surface area contributed by atoms with Crippen LogP contribution >= 0.6 is 11.3 Å². The van der Waals surface area contributed by atoms with Gasteiger partial charge in [0.15, 0.2) is 5.13 Å². The highest BCUT2D eigenvalue weighted by Crippen LogP contribution is 2.31. The van der Waals surface area contributed by atoms with Crippen molar-refractivity contribution in [2.24, 2.45) is 5.73 Å². The van der Waals surface area contributed by atoms with E-state index in [-0.39, 0.29) is 18.5 Å². The third kappa shape index (κ3) is 3.10. The van der Waals surface area contributed by atoms with Crippen LogP contribution < -0.4 is 11.1 Å². The molecule has 0 spiro atoms. The third-order valence-electron chi connectivity index (χ3n) is 3.72. The number of rotatable bonds is 4. The standard InChI is InChI=1S/C15H19N5OS/c1-10-9-17-15(22-10)19-13-6-2-4-11(18-13)12-5-3-7-20(12)14(21)8-16/h2,4,6,9,12H,3,5,7-8,16H2,1H3,(H,17,18,19). The smallest absolute Gasteiger partial charge is 0.236 e. The number of hydrogen-bond acceptors (Lipinski definition) is 6. The Morgan fingerprint density at radius 3 is 3.14 bits per heavy atom. The summed E-state index contributed by atoms with van der Waals surface area (Å²) >= 11 is 1.59. The molecule has 116 valence electrons. The number of nitrogens with one attached hydrogen (secondary N) is 1. The SMILES string of the molecule is Cc1cnc(Nc2cccc(C3CCCN3C(=O)CN)n2)s1. The lowest BCUT2D eigenvalue weighted by molar-refractivity contribution is -0.130. The van der Waals surface area contributed by atoms with Crippen LogP contribution in [0.1, 0.15) is 29.5 Å². The van der Waals surface area contributed by atoms with Crippen molar-refractivity contribution in [3.05, 3.63) is 35.0 Å². The van der Waals surface area contributed by atoms with E-state index in [0.717, 1.165) is 40.9 Å². The average Bonchev–Trinajstić information content (AvgIpc) is 3.16. The number of amides is 1. The van der Waals surface area contributed by atoms with Gasteiger partial charge in [0.2, 0.25) is 5.91 Å². The molecule has 3 rings (SSSR count). The van der Waals surface area contributed by atoms with Crippen LogP contribution in [0, 0.1) is 6.92 Å². The molecule has 1 fully saturated rings. The van der Waals surface area contributed by atoms with Crippen LogP contribution in [-0.4, -0.2) is 33.9 Å². The van der Waals surface area contributed by atoms with Gasteiger partial charge in [0.05, 0.1) is 18.3 Å². The van der Waals surface area contributed by atoms with E-state index in [0.29, 0.717) is 0 Å². The Labute approximate surface area is 133 Å². The topological polar surface area (TPSA) is 84.1 Å². The van der Waals surface area contributed by atoms with Crippen molar-refractivity contribution in [3.8, 4) is 0 Å². The molecule has 2 aromatic rings. The van der Waals surface area contributed by atoms with E-state index in [4.69, 9.17) is 5.73 Å². The van der Waals surface area contributed by atoms with Gasteiger partial charge in [-0.25, -0.2) is 9.97 Å². The normalized spacial score (nSPS) is 17.7. The summed E-state index contributed by atoms with van der Waals surface area (Å²) in [6.07, 6.45) is 3.75. The molecule has 0 saturated carbocycles. The summed E-state index contributed by atoms with van der Waals surface area (Å²) in [7, 11) is 0. The van der Waals surface area contributed by atoms with Gasteiger partial charge in [-0.1, -0.05) is 6.07 Å². The molecule has 0 aromatic carbocycles. The predicted molar refractivity (Wildman–Crippen MR) is 87.1 cm³/mol. The van der Waals surface area contributed by atoms with Crippen molar-refractivity contribution in [3.63, 3.8) is 0 Å². The monoisotopic (exact) mass is 317 g/mol. The largest absolute Gasteiger partial charge is 0.333 e. The van der Waals surface area contributed by atoms with Crippen LogP contribution in [-0.2, 0) is 4.79 Å². The van der Waals surface area contributed by atoms with Gasteiger partial charge in [0, 0.05) is 17.6 Å². The second kappa shape index (κ2) is 6.41. The first-order valence-electron chi connectivity index (χ1n) is 7.33. The molecule has 7 heteroatoms. The Morgan fingerprint density at radius 1 is 1.55 bits per heavy atom. The van der Waals surface area contributed by atoms with Gasteiger partial charge >= 0.3 is 0 Å². The number of thiazole rings is 1. The fraction of sp³-hybridized carbons (Fsp3) is 0.400. The molecule has 1 unspecified atom stereocenters. The number of nitrogens with two attached hydrogens (primary N) is 1. The van der Waals surface area contributed by atoms with Crippen LogP contribution in [0.15, 0.2) is 24.4 Å². The molecule has 0 aliphatic carbocycles. The molecule has 2 aromatic heterocycles. The van der Waals surface area contributed by atoms with E-state index < -0.39 is 0 Å². The molecule has 0 radical (unpaired) electrons. The molecular formula is C15H19N5OS. The zero-order valence-electron chi connectivity index (χ0n) is 12.5. The van der Waals surface area contributed by atoms with Crippen molar-refractivity contribution in [2.45, 2.75) is 25.8 Å². The Bertz CT molecular complexity index is 671. The molecule has 22 heavy (non-hydrogen) atoms. The van der Waals surface area contributed by atoms with E-state index in [1.807, 2.05) is 36.2 Å². The van der Waals surface area contributed by atoms with E-state index in [1.165, 1.54) is 0 Å². The highest BCUT2D eigenvalue weighted by atomic mass is 32.1. The van der Waals surface area contributed by atoms with Gasteiger partial charge in [-0.15, -0.1) is 11.3 Å². The molecule has 3 N–H and O–H groups in total. The van der Waals surface area contributed by atoms with E-state index in [9.17, 15) is 4.79 Å². The van der Waals surface area contributed by atoms with Gasteiger partial charge in [0.1, 0.15) is 5.82 Å². The van der Waals surface area contributed by atoms with Crippen LogP contribution in [0.4, 0.5) is 10.9 Å². The van der Waals surface area contributed by atoms with Gasteiger partial charge in [-0.05, 0) is 31.9 Å². The Balaban J connectivity index is 1.80. The number of carbonyl (C=O) groups is 1. The summed E-state index contributed by atoms with van der Waals surface area (Å²) in [5, 5.41) is 4.04. The fourth-order valence-electron chi connectivity index (χ4n) is 2.72. The van der Waals surface area contributed by atoms with Crippen molar-refractivity contribution in [1.29, 1.82) is 0 Å². The first kappa shape index (κ1) is 14.9. The highest BCUT2D eigenvalue weighted by Gasteiger charge is 2.30. The van der Waals surface area contributed by atoms with Crippen molar-refractivity contribution in [1.82, 2.24) is 14.9 Å². The molecule has 1 amide bonds. The van der Waals surface area contributed by atoms with Crippen molar-refractivity contribution >= 4 is 28.2 Å². The zero-order valence-corrected chi connectivity index (χ0v) is 13.3. The first-order chi connectivity index (χ1) is 10.7. The summed E-state index contributed by atoms with van der Waals surface area (Å²) in [6, 6.07) is 5.85.